The highest BCUT2D eigenvalue weighted by molar-refractivity contribution is 7.15. The number of ether oxygens (including phenoxy) is 2. The molecule has 0 atom stereocenters. The first-order valence-electron chi connectivity index (χ1n) is 9.48. The summed E-state index contributed by atoms with van der Waals surface area (Å²) in [6, 6.07) is 19.5. The summed E-state index contributed by atoms with van der Waals surface area (Å²) in [5.74, 6) is 1.29. The Morgan fingerprint density at radius 3 is 2.53 bits per heavy atom. The largest absolute Gasteiger partial charge is 0.488 e. The molecule has 2 heterocycles. The van der Waals surface area contributed by atoms with Crippen molar-refractivity contribution in [1.82, 2.24) is 9.97 Å². The molecular weight excluding hydrogens is 396 g/mol. The zero-order valence-corrected chi connectivity index (χ0v) is 17.3. The summed E-state index contributed by atoms with van der Waals surface area (Å²) < 4.78 is 11.6. The van der Waals surface area contributed by atoms with Gasteiger partial charge in [0.05, 0.1) is 11.3 Å². The van der Waals surface area contributed by atoms with Crippen molar-refractivity contribution in [2.45, 2.75) is 20.1 Å². The van der Waals surface area contributed by atoms with Crippen LogP contribution in [0.1, 0.15) is 26.5 Å². The van der Waals surface area contributed by atoms with Gasteiger partial charge in [0.2, 0.25) is 0 Å². The molecule has 0 aliphatic rings. The lowest BCUT2D eigenvalue weighted by Gasteiger charge is -2.09. The van der Waals surface area contributed by atoms with Crippen LogP contribution in [0.15, 0.2) is 73.1 Å². The van der Waals surface area contributed by atoms with E-state index in [2.05, 4.69) is 24.0 Å². The SMILES string of the molecule is Cc1sc(-c2ccccc2)nc1COc1ccc(COc2ccncc2C=O)cc1. The average molecular weight is 417 g/mol. The molecule has 2 aromatic carbocycles. The molecule has 4 aromatic rings. The van der Waals surface area contributed by atoms with E-state index in [1.807, 2.05) is 42.5 Å². The van der Waals surface area contributed by atoms with Crippen LogP contribution < -0.4 is 9.47 Å². The number of thiazole rings is 1. The van der Waals surface area contributed by atoms with Crippen LogP contribution in [-0.4, -0.2) is 16.3 Å². The van der Waals surface area contributed by atoms with E-state index < -0.39 is 0 Å². The Balaban J connectivity index is 1.35. The maximum Gasteiger partial charge on any atom is 0.155 e. The van der Waals surface area contributed by atoms with E-state index in [0.717, 1.165) is 38.7 Å². The van der Waals surface area contributed by atoms with Crippen LogP contribution in [-0.2, 0) is 13.2 Å². The summed E-state index contributed by atoms with van der Waals surface area (Å²) in [6.45, 7) is 2.84. The zero-order chi connectivity index (χ0) is 20.8. The lowest BCUT2D eigenvalue weighted by molar-refractivity contribution is 0.111. The van der Waals surface area contributed by atoms with Crippen LogP contribution in [0, 0.1) is 6.92 Å². The Labute approximate surface area is 179 Å². The van der Waals surface area contributed by atoms with Gasteiger partial charge in [0, 0.05) is 22.8 Å². The number of pyridine rings is 1. The first kappa shape index (κ1) is 19.8. The lowest BCUT2D eigenvalue weighted by atomic mass is 10.2. The standard InChI is InChI=1S/C24H20N2O3S/c1-17-22(26-24(30-17)19-5-3-2-4-6-19)16-28-21-9-7-18(8-10-21)15-29-23-11-12-25-13-20(23)14-27/h2-14H,15-16H2,1H3. The summed E-state index contributed by atoms with van der Waals surface area (Å²) in [5, 5.41) is 1.00. The van der Waals surface area contributed by atoms with Crippen LogP contribution in [0.4, 0.5) is 0 Å². The van der Waals surface area contributed by atoms with Gasteiger partial charge in [-0.25, -0.2) is 4.98 Å². The topological polar surface area (TPSA) is 61.3 Å². The first-order chi connectivity index (χ1) is 14.7. The summed E-state index contributed by atoms with van der Waals surface area (Å²) in [6.07, 6.45) is 3.83. The smallest absolute Gasteiger partial charge is 0.155 e. The quantitative estimate of drug-likeness (QED) is 0.356. The molecule has 0 fully saturated rings. The molecule has 30 heavy (non-hydrogen) atoms. The van der Waals surface area contributed by atoms with Crippen molar-refractivity contribution in [3.05, 3.63) is 94.8 Å². The minimum atomic E-state index is 0.358. The number of benzene rings is 2. The lowest BCUT2D eigenvalue weighted by Crippen LogP contribution is -2.00. The second-order valence-electron chi connectivity index (χ2n) is 6.64. The van der Waals surface area contributed by atoms with E-state index in [4.69, 9.17) is 14.5 Å². The summed E-state index contributed by atoms with van der Waals surface area (Å²) >= 11 is 1.68. The van der Waals surface area contributed by atoms with Gasteiger partial charge in [-0.2, -0.15) is 0 Å². The van der Waals surface area contributed by atoms with E-state index >= 15 is 0 Å². The molecule has 0 saturated heterocycles. The molecular formula is C24H20N2O3S. The third-order valence-electron chi connectivity index (χ3n) is 4.54. The molecule has 4 rings (SSSR count). The Hall–Kier alpha value is -3.51. The zero-order valence-electron chi connectivity index (χ0n) is 16.4. The fraction of sp³-hybridized carbons (Fsp3) is 0.125. The van der Waals surface area contributed by atoms with Crippen molar-refractivity contribution in [2.24, 2.45) is 0 Å². The highest BCUT2D eigenvalue weighted by Gasteiger charge is 2.10. The minimum Gasteiger partial charge on any atom is -0.488 e. The molecule has 0 aliphatic heterocycles. The molecule has 0 radical (unpaired) electrons. The Morgan fingerprint density at radius 1 is 0.967 bits per heavy atom. The molecule has 0 amide bonds. The third kappa shape index (κ3) is 4.72. The Morgan fingerprint density at radius 2 is 1.77 bits per heavy atom. The van der Waals surface area contributed by atoms with Gasteiger partial charge in [-0.1, -0.05) is 42.5 Å². The van der Waals surface area contributed by atoms with Crippen molar-refractivity contribution < 1.29 is 14.3 Å². The number of aryl methyl sites for hydroxylation is 1. The Bertz CT molecular complexity index is 1120. The van der Waals surface area contributed by atoms with Gasteiger partial charge in [-0.05, 0) is 30.7 Å². The maximum absolute atomic E-state index is 11.0. The van der Waals surface area contributed by atoms with Crippen LogP contribution in [0.3, 0.4) is 0 Å². The van der Waals surface area contributed by atoms with Crippen molar-refractivity contribution in [1.29, 1.82) is 0 Å². The third-order valence-corrected chi connectivity index (χ3v) is 5.61. The molecule has 6 heteroatoms. The molecule has 150 valence electrons. The van der Waals surface area contributed by atoms with Gasteiger partial charge < -0.3 is 9.47 Å². The minimum absolute atomic E-state index is 0.358. The van der Waals surface area contributed by atoms with Gasteiger partial charge in [0.25, 0.3) is 0 Å². The number of carbonyl (C=O) groups is 1. The number of hydrogen-bond donors (Lipinski definition) is 0. The number of hydrogen-bond acceptors (Lipinski definition) is 6. The predicted octanol–water partition coefficient (Wildman–Crippen LogP) is 5.48. The molecule has 0 aliphatic carbocycles. The second kappa shape index (κ2) is 9.33. The molecule has 0 unspecified atom stereocenters. The van der Waals surface area contributed by atoms with E-state index in [1.54, 1.807) is 23.6 Å². The molecule has 0 saturated carbocycles. The summed E-state index contributed by atoms with van der Waals surface area (Å²) in [5.41, 5.74) is 3.48. The fourth-order valence-corrected chi connectivity index (χ4v) is 3.80. The number of aromatic nitrogens is 2. The van der Waals surface area contributed by atoms with Gasteiger partial charge >= 0.3 is 0 Å². The maximum atomic E-state index is 11.0. The van der Waals surface area contributed by atoms with Crippen LogP contribution >= 0.6 is 11.3 Å². The first-order valence-corrected chi connectivity index (χ1v) is 10.3. The summed E-state index contributed by atoms with van der Waals surface area (Å²) in [7, 11) is 0. The molecule has 0 spiro atoms. The molecule has 5 nitrogen and oxygen atoms in total. The normalized spacial score (nSPS) is 10.6. The van der Waals surface area contributed by atoms with E-state index in [0.29, 0.717) is 24.5 Å². The highest BCUT2D eigenvalue weighted by atomic mass is 32.1. The van der Waals surface area contributed by atoms with Gasteiger partial charge in [0.1, 0.15) is 29.7 Å². The predicted molar refractivity (Wildman–Crippen MR) is 117 cm³/mol. The summed E-state index contributed by atoms with van der Waals surface area (Å²) in [4.78, 5) is 20.8. The number of nitrogens with zero attached hydrogens (tertiary/aromatic N) is 2. The number of aldehydes is 1. The molecule has 0 N–H and O–H groups in total. The van der Waals surface area contributed by atoms with Crippen LogP contribution in [0.2, 0.25) is 0 Å². The Kier molecular flexibility index (Phi) is 6.15. The molecule has 0 bridgehead atoms. The fourth-order valence-electron chi connectivity index (χ4n) is 2.87. The van der Waals surface area contributed by atoms with Crippen molar-refractivity contribution >= 4 is 17.6 Å². The van der Waals surface area contributed by atoms with Gasteiger partial charge in [0.15, 0.2) is 6.29 Å². The van der Waals surface area contributed by atoms with Gasteiger partial charge in [-0.3, -0.25) is 9.78 Å². The van der Waals surface area contributed by atoms with E-state index in [-0.39, 0.29) is 0 Å². The number of carbonyl (C=O) groups excluding carboxylic acids is 1. The van der Waals surface area contributed by atoms with E-state index in [1.165, 1.54) is 6.20 Å². The van der Waals surface area contributed by atoms with Crippen molar-refractivity contribution in [2.75, 3.05) is 0 Å². The second-order valence-corrected chi connectivity index (χ2v) is 7.84. The van der Waals surface area contributed by atoms with Crippen LogP contribution in [0.5, 0.6) is 11.5 Å². The van der Waals surface area contributed by atoms with Crippen LogP contribution in [0.25, 0.3) is 10.6 Å². The number of rotatable bonds is 8. The highest BCUT2D eigenvalue weighted by Crippen LogP contribution is 2.28. The average Bonchev–Trinajstić information content (AvgIpc) is 3.18. The van der Waals surface area contributed by atoms with E-state index in [9.17, 15) is 4.79 Å². The van der Waals surface area contributed by atoms with Crippen molar-refractivity contribution in [3.63, 3.8) is 0 Å². The monoisotopic (exact) mass is 416 g/mol. The van der Waals surface area contributed by atoms with Gasteiger partial charge in [-0.15, -0.1) is 11.3 Å². The molecule has 2 aromatic heterocycles. The van der Waals surface area contributed by atoms with Crippen molar-refractivity contribution in [3.8, 4) is 22.1 Å².